The molecule has 12 rings (SSSR count). The summed E-state index contributed by atoms with van der Waals surface area (Å²) in [5.74, 6) is 0. The third-order valence-electron chi connectivity index (χ3n) is 13.5. The fraction of sp³-hybridized carbons (Fsp3) is 0.0690. The molecule has 0 atom stereocenters. The molecule has 0 saturated heterocycles. The van der Waals surface area contributed by atoms with Crippen LogP contribution in [-0.2, 0) is 10.8 Å². The van der Waals surface area contributed by atoms with Gasteiger partial charge in [-0.3, -0.25) is 0 Å². The second-order valence-corrected chi connectivity index (χ2v) is 16.8. The van der Waals surface area contributed by atoms with Crippen LogP contribution in [0.2, 0.25) is 0 Å². The average Bonchev–Trinajstić information content (AvgIpc) is 3.85. The molecular formula is C58H41N. The Morgan fingerprint density at radius 3 is 1.15 bits per heavy atom. The molecule has 0 fully saturated rings. The molecule has 0 heterocycles. The van der Waals surface area contributed by atoms with Crippen LogP contribution in [0, 0.1) is 0 Å². The molecule has 0 aromatic heterocycles. The van der Waals surface area contributed by atoms with Crippen LogP contribution in [0.4, 0.5) is 17.1 Å². The maximum Gasteiger partial charge on any atom is 0.0726 e. The zero-order valence-corrected chi connectivity index (χ0v) is 33.2. The van der Waals surface area contributed by atoms with Gasteiger partial charge in [0.25, 0.3) is 0 Å². The first-order valence-corrected chi connectivity index (χ1v) is 20.8. The van der Waals surface area contributed by atoms with E-state index in [9.17, 15) is 0 Å². The van der Waals surface area contributed by atoms with Gasteiger partial charge in [-0.2, -0.15) is 0 Å². The molecular weight excluding hydrogens is 711 g/mol. The molecule has 9 aromatic rings. The highest BCUT2D eigenvalue weighted by Crippen LogP contribution is 2.63. The van der Waals surface area contributed by atoms with E-state index in [0.29, 0.717) is 0 Å². The van der Waals surface area contributed by atoms with Crippen LogP contribution in [0.3, 0.4) is 0 Å². The summed E-state index contributed by atoms with van der Waals surface area (Å²) in [5.41, 5.74) is 23.8. The van der Waals surface area contributed by atoms with Crippen molar-refractivity contribution in [1.82, 2.24) is 0 Å². The van der Waals surface area contributed by atoms with Crippen LogP contribution in [0.15, 0.2) is 212 Å². The summed E-state index contributed by atoms with van der Waals surface area (Å²) in [7, 11) is 0. The number of hydrogen-bond donors (Lipinski definition) is 0. The van der Waals surface area contributed by atoms with E-state index in [0.717, 1.165) is 17.1 Å². The lowest BCUT2D eigenvalue weighted by atomic mass is 9.70. The smallest absolute Gasteiger partial charge is 0.0726 e. The highest BCUT2D eigenvalue weighted by atomic mass is 15.1. The average molecular weight is 752 g/mol. The lowest BCUT2D eigenvalue weighted by Gasteiger charge is -2.32. The SMILES string of the molecule is CC1(C)c2ccccc2-c2ccc(N(c3ccc(-c4ccccc4-c4ccccc4)cc3)c3ccc4c(c3)C3(c5ccccc5-c5ccccc53)c3ccccc3-4)cc21. The molecule has 3 aliphatic rings. The first-order valence-electron chi connectivity index (χ1n) is 20.8. The van der Waals surface area contributed by atoms with E-state index in [1.807, 2.05) is 0 Å². The molecule has 0 saturated carbocycles. The maximum absolute atomic E-state index is 2.50. The van der Waals surface area contributed by atoms with Gasteiger partial charge >= 0.3 is 0 Å². The molecule has 1 nitrogen and oxygen atoms in total. The molecule has 0 amide bonds. The van der Waals surface area contributed by atoms with Gasteiger partial charge in [0, 0.05) is 22.5 Å². The van der Waals surface area contributed by atoms with Crippen molar-refractivity contribution in [2.75, 3.05) is 4.90 Å². The predicted octanol–water partition coefficient (Wildman–Crippen LogP) is 15.1. The zero-order chi connectivity index (χ0) is 39.3. The van der Waals surface area contributed by atoms with Crippen LogP contribution >= 0.6 is 0 Å². The van der Waals surface area contributed by atoms with Gasteiger partial charge in [0.15, 0.2) is 0 Å². The lowest BCUT2D eigenvalue weighted by molar-refractivity contribution is 0.660. The second kappa shape index (κ2) is 12.6. The minimum Gasteiger partial charge on any atom is -0.310 e. The Morgan fingerprint density at radius 1 is 0.271 bits per heavy atom. The van der Waals surface area contributed by atoms with Gasteiger partial charge in [-0.25, -0.2) is 0 Å². The van der Waals surface area contributed by atoms with Gasteiger partial charge in [-0.05, 0) is 125 Å². The molecule has 0 unspecified atom stereocenters. The summed E-state index contributed by atoms with van der Waals surface area (Å²) in [6.07, 6.45) is 0. The molecule has 59 heavy (non-hydrogen) atoms. The third-order valence-corrected chi connectivity index (χ3v) is 13.5. The number of benzene rings is 9. The molecule has 0 bridgehead atoms. The second-order valence-electron chi connectivity index (χ2n) is 16.8. The fourth-order valence-electron chi connectivity index (χ4n) is 10.9. The molecule has 3 aliphatic carbocycles. The monoisotopic (exact) mass is 751 g/mol. The van der Waals surface area contributed by atoms with Gasteiger partial charge < -0.3 is 4.90 Å². The van der Waals surface area contributed by atoms with E-state index in [4.69, 9.17) is 0 Å². The minimum absolute atomic E-state index is 0.125. The summed E-state index contributed by atoms with van der Waals surface area (Å²) < 4.78 is 0. The van der Waals surface area contributed by atoms with Crippen molar-refractivity contribution >= 4 is 17.1 Å². The van der Waals surface area contributed by atoms with Crippen molar-refractivity contribution in [2.45, 2.75) is 24.7 Å². The normalized spacial score (nSPS) is 14.2. The van der Waals surface area contributed by atoms with E-state index in [1.54, 1.807) is 0 Å². The largest absolute Gasteiger partial charge is 0.310 e. The van der Waals surface area contributed by atoms with Crippen molar-refractivity contribution in [3.63, 3.8) is 0 Å². The van der Waals surface area contributed by atoms with Crippen molar-refractivity contribution in [3.8, 4) is 55.6 Å². The van der Waals surface area contributed by atoms with Crippen LogP contribution in [-0.4, -0.2) is 0 Å². The Labute approximate surface area is 346 Å². The van der Waals surface area contributed by atoms with Gasteiger partial charge in [0.2, 0.25) is 0 Å². The van der Waals surface area contributed by atoms with Crippen molar-refractivity contribution in [1.29, 1.82) is 0 Å². The quantitative estimate of drug-likeness (QED) is 0.169. The van der Waals surface area contributed by atoms with Gasteiger partial charge in [-0.15, -0.1) is 0 Å². The minimum atomic E-state index is -0.423. The predicted molar refractivity (Wildman–Crippen MR) is 246 cm³/mol. The number of anilines is 3. The van der Waals surface area contributed by atoms with Crippen LogP contribution < -0.4 is 4.90 Å². The van der Waals surface area contributed by atoms with Gasteiger partial charge in [0.1, 0.15) is 0 Å². The molecule has 0 N–H and O–H groups in total. The number of nitrogens with zero attached hydrogens (tertiary/aromatic N) is 1. The lowest BCUT2D eigenvalue weighted by Crippen LogP contribution is -2.26. The van der Waals surface area contributed by atoms with E-state index in [2.05, 4.69) is 231 Å². The van der Waals surface area contributed by atoms with Crippen LogP contribution in [0.5, 0.6) is 0 Å². The van der Waals surface area contributed by atoms with E-state index in [-0.39, 0.29) is 5.41 Å². The topological polar surface area (TPSA) is 3.24 Å². The molecule has 0 aliphatic heterocycles. The number of hydrogen-bond acceptors (Lipinski definition) is 1. The van der Waals surface area contributed by atoms with Crippen molar-refractivity contribution in [3.05, 3.63) is 246 Å². The standard InChI is InChI=1S/C58H41N/c1-57(2)51-24-12-8-20-45(51)49-34-32-41(36-55(49)57)59(40-30-28-39(29-31-40)44-19-7-6-18-43(44)38-16-4-3-5-17-38)42-33-35-50-48-23-11-15-27-54(48)58(56(50)37-42)52-25-13-9-21-46(52)47-22-10-14-26-53(47)58/h3-37H,1-2H3. The molecule has 1 spiro atoms. The highest BCUT2D eigenvalue weighted by molar-refractivity contribution is 5.97. The zero-order valence-electron chi connectivity index (χ0n) is 33.2. The summed E-state index contributed by atoms with van der Waals surface area (Å²) >= 11 is 0. The highest BCUT2D eigenvalue weighted by Gasteiger charge is 2.51. The number of fused-ring (bicyclic) bond motifs is 13. The number of rotatable bonds is 5. The van der Waals surface area contributed by atoms with Gasteiger partial charge in [0.05, 0.1) is 5.41 Å². The Kier molecular flexibility index (Phi) is 7.26. The molecule has 9 aromatic carbocycles. The first-order chi connectivity index (χ1) is 29.0. The van der Waals surface area contributed by atoms with Crippen molar-refractivity contribution < 1.29 is 0 Å². The summed E-state index contributed by atoms with van der Waals surface area (Å²) in [6, 6.07) is 79.1. The van der Waals surface area contributed by atoms with Gasteiger partial charge in [-0.1, -0.05) is 190 Å². The Morgan fingerprint density at radius 2 is 0.627 bits per heavy atom. The third kappa shape index (κ3) is 4.73. The summed E-state index contributed by atoms with van der Waals surface area (Å²) in [5, 5.41) is 0. The van der Waals surface area contributed by atoms with E-state index < -0.39 is 5.41 Å². The Bertz CT molecular complexity index is 3070. The van der Waals surface area contributed by atoms with E-state index >= 15 is 0 Å². The molecule has 1 heteroatoms. The van der Waals surface area contributed by atoms with Crippen molar-refractivity contribution in [2.24, 2.45) is 0 Å². The Balaban J connectivity index is 1.07. The van der Waals surface area contributed by atoms with Crippen LogP contribution in [0.25, 0.3) is 55.6 Å². The van der Waals surface area contributed by atoms with Crippen LogP contribution in [0.1, 0.15) is 47.2 Å². The summed E-state index contributed by atoms with van der Waals surface area (Å²) in [6.45, 7) is 4.74. The summed E-state index contributed by atoms with van der Waals surface area (Å²) in [4.78, 5) is 2.48. The molecule has 278 valence electrons. The fourth-order valence-corrected chi connectivity index (χ4v) is 10.9. The van der Waals surface area contributed by atoms with E-state index in [1.165, 1.54) is 89.0 Å². The maximum atomic E-state index is 2.50. The molecule has 0 radical (unpaired) electrons. The Hall–Kier alpha value is -7.22. The first kappa shape index (κ1) is 33.9.